The van der Waals surface area contributed by atoms with Gasteiger partial charge in [0.05, 0.1) is 13.2 Å². The quantitative estimate of drug-likeness (QED) is 0.654. The molecule has 2 heterocycles. The molecule has 1 aromatic rings. The molecular formula is C11H21N5O3S. The zero-order valence-corrected chi connectivity index (χ0v) is 12.4. The third kappa shape index (κ3) is 3.92. The number of nitrogens with one attached hydrogen (secondary N) is 1. The fourth-order valence-corrected chi connectivity index (χ4v) is 3.28. The molecule has 0 radical (unpaired) electrons. The van der Waals surface area contributed by atoms with Gasteiger partial charge in [-0.2, -0.15) is 5.10 Å². The van der Waals surface area contributed by atoms with E-state index in [1.165, 1.54) is 10.9 Å². The first-order valence-corrected chi connectivity index (χ1v) is 8.06. The highest BCUT2D eigenvalue weighted by Gasteiger charge is 2.20. The number of ether oxygens (including phenoxy) is 1. The molecule has 0 amide bonds. The molecule has 1 aliphatic heterocycles. The average Bonchev–Trinajstić information content (AvgIpc) is 2.76. The standard InChI is InChI=1S/C11H21N5O3S/c1-15-9-10(11(12)14-15)20(17,18)13-3-2-4-16-5-7-19-8-6-16/h9,13H,2-8H2,1H3,(H2,12,14). The molecule has 0 atom stereocenters. The van der Waals surface area contributed by atoms with Crippen molar-refractivity contribution >= 4 is 15.8 Å². The molecule has 3 N–H and O–H groups in total. The number of nitrogens with zero attached hydrogens (tertiary/aromatic N) is 3. The van der Waals surface area contributed by atoms with E-state index in [2.05, 4.69) is 14.7 Å². The number of aryl methyl sites for hydroxylation is 1. The van der Waals surface area contributed by atoms with Gasteiger partial charge in [0.15, 0.2) is 5.82 Å². The Balaban J connectivity index is 1.79. The number of nitrogens with two attached hydrogens (primary N) is 1. The Labute approximate surface area is 118 Å². The first-order valence-electron chi connectivity index (χ1n) is 6.58. The van der Waals surface area contributed by atoms with Crippen LogP contribution in [-0.2, 0) is 21.8 Å². The lowest BCUT2D eigenvalue weighted by atomic mass is 10.3. The lowest BCUT2D eigenvalue weighted by Gasteiger charge is -2.26. The number of aromatic nitrogens is 2. The van der Waals surface area contributed by atoms with Gasteiger partial charge in [0.2, 0.25) is 10.0 Å². The molecule has 0 aliphatic carbocycles. The summed E-state index contributed by atoms with van der Waals surface area (Å²) in [6.45, 7) is 4.54. The third-order valence-electron chi connectivity index (χ3n) is 3.16. The second-order valence-electron chi connectivity index (χ2n) is 4.76. The molecule has 0 bridgehead atoms. The minimum atomic E-state index is -3.57. The van der Waals surface area contributed by atoms with Crippen molar-refractivity contribution in [1.82, 2.24) is 19.4 Å². The minimum Gasteiger partial charge on any atom is -0.381 e. The topological polar surface area (TPSA) is 102 Å². The lowest BCUT2D eigenvalue weighted by Crippen LogP contribution is -2.38. The number of nitrogen functional groups attached to an aromatic ring is 1. The van der Waals surface area contributed by atoms with E-state index in [0.29, 0.717) is 6.54 Å². The van der Waals surface area contributed by atoms with Crippen molar-refractivity contribution in [1.29, 1.82) is 0 Å². The Kier molecular flexibility index (Phi) is 4.97. The summed E-state index contributed by atoms with van der Waals surface area (Å²) >= 11 is 0. The van der Waals surface area contributed by atoms with Gasteiger partial charge in [0.1, 0.15) is 4.90 Å². The molecule has 0 aromatic carbocycles. The number of hydrogen-bond donors (Lipinski definition) is 2. The smallest absolute Gasteiger partial charge is 0.245 e. The van der Waals surface area contributed by atoms with Crippen LogP contribution in [0.3, 0.4) is 0 Å². The normalized spacial score (nSPS) is 17.4. The Hall–Kier alpha value is -1.16. The maximum Gasteiger partial charge on any atom is 0.245 e. The highest BCUT2D eigenvalue weighted by Crippen LogP contribution is 2.14. The largest absolute Gasteiger partial charge is 0.381 e. The van der Waals surface area contributed by atoms with Crippen LogP contribution < -0.4 is 10.5 Å². The highest BCUT2D eigenvalue weighted by molar-refractivity contribution is 7.89. The summed E-state index contributed by atoms with van der Waals surface area (Å²) < 4.78 is 33.3. The summed E-state index contributed by atoms with van der Waals surface area (Å²) in [4.78, 5) is 2.29. The molecule has 0 spiro atoms. The third-order valence-corrected chi connectivity index (χ3v) is 4.64. The van der Waals surface area contributed by atoms with Crippen molar-refractivity contribution in [3.63, 3.8) is 0 Å². The molecule has 0 saturated carbocycles. The molecule has 0 unspecified atom stereocenters. The second-order valence-corrected chi connectivity index (χ2v) is 6.49. The molecule has 1 fully saturated rings. The van der Waals surface area contributed by atoms with Crippen molar-refractivity contribution in [2.45, 2.75) is 11.3 Å². The van der Waals surface area contributed by atoms with Crippen molar-refractivity contribution < 1.29 is 13.2 Å². The van der Waals surface area contributed by atoms with E-state index in [1.54, 1.807) is 7.05 Å². The van der Waals surface area contributed by atoms with E-state index >= 15 is 0 Å². The van der Waals surface area contributed by atoms with Crippen LogP contribution in [0.1, 0.15) is 6.42 Å². The summed E-state index contributed by atoms with van der Waals surface area (Å²) in [5, 5.41) is 3.83. The van der Waals surface area contributed by atoms with Crippen molar-refractivity contribution in [2.75, 3.05) is 45.1 Å². The number of morpholine rings is 1. The number of hydrogen-bond acceptors (Lipinski definition) is 6. The molecule has 20 heavy (non-hydrogen) atoms. The predicted molar refractivity (Wildman–Crippen MR) is 74.7 cm³/mol. The number of anilines is 1. The van der Waals surface area contributed by atoms with Gasteiger partial charge in [-0.15, -0.1) is 0 Å². The van der Waals surface area contributed by atoms with Gasteiger partial charge < -0.3 is 10.5 Å². The average molecular weight is 303 g/mol. The highest BCUT2D eigenvalue weighted by atomic mass is 32.2. The van der Waals surface area contributed by atoms with Gasteiger partial charge in [-0.3, -0.25) is 9.58 Å². The molecule has 1 aromatic heterocycles. The van der Waals surface area contributed by atoms with Crippen molar-refractivity contribution in [3.05, 3.63) is 6.20 Å². The van der Waals surface area contributed by atoms with Crippen LogP contribution in [0.5, 0.6) is 0 Å². The molecular weight excluding hydrogens is 282 g/mol. The van der Waals surface area contributed by atoms with Crippen LogP contribution >= 0.6 is 0 Å². The Morgan fingerprint density at radius 3 is 2.75 bits per heavy atom. The van der Waals surface area contributed by atoms with E-state index in [1.807, 2.05) is 0 Å². The summed E-state index contributed by atoms with van der Waals surface area (Å²) in [5.41, 5.74) is 5.58. The monoisotopic (exact) mass is 303 g/mol. The number of sulfonamides is 1. The second kappa shape index (κ2) is 6.53. The van der Waals surface area contributed by atoms with E-state index in [0.717, 1.165) is 39.3 Å². The van der Waals surface area contributed by atoms with Gasteiger partial charge in [-0.1, -0.05) is 0 Å². The van der Waals surface area contributed by atoms with E-state index in [-0.39, 0.29) is 10.7 Å². The van der Waals surface area contributed by atoms with E-state index < -0.39 is 10.0 Å². The van der Waals surface area contributed by atoms with Gasteiger partial charge in [-0.05, 0) is 13.0 Å². The Bertz CT molecular complexity index is 536. The minimum absolute atomic E-state index is 0.0215. The van der Waals surface area contributed by atoms with Crippen LogP contribution in [0.2, 0.25) is 0 Å². The molecule has 8 nitrogen and oxygen atoms in total. The van der Waals surface area contributed by atoms with Gasteiger partial charge >= 0.3 is 0 Å². The summed E-state index contributed by atoms with van der Waals surface area (Å²) in [7, 11) is -1.94. The van der Waals surface area contributed by atoms with E-state index in [4.69, 9.17) is 10.5 Å². The van der Waals surface area contributed by atoms with Gasteiger partial charge in [-0.25, -0.2) is 13.1 Å². The van der Waals surface area contributed by atoms with Crippen LogP contribution in [0.15, 0.2) is 11.1 Å². The zero-order valence-electron chi connectivity index (χ0n) is 11.6. The maximum atomic E-state index is 12.0. The SMILES string of the molecule is Cn1cc(S(=O)(=O)NCCCN2CCOCC2)c(N)n1. The first-order chi connectivity index (χ1) is 9.49. The van der Waals surface area contributed by atoms with Gasteiger partial charge in [0, 0.05) is 32.9 Å². The van der Waals surface area contributed by atoms with Crippen LogP contribution in [0, 0.1) is 0 Å². The molecule has 2 rings (SSSR count). The van der Waals surface area contributed by atoms with Gasteiger partial charge in [0.25, 0.3) is 0 Å². The number of rotatable bonds is 6. The molecule has 1 aliphatic rings. The molecule has 1 saturated heterocycles. The fraction of sp³-hybridized carbons (Fsp3) is 0.727. The van der Waals surface area contributed by atoms with Crippen LogP contribution in [0.25, 0.3) is 0 Å². The lowest BCUT2D eigenvalue weighted by molar-refractivity contribution is 0.0376. The maximum absolute atomic E-state index is 12.0. The summed E-state index contributed by atoms with van der Waals surface area (Å²) in [6.07, 6.45) is 2.15. The Morgan fingerprint density at radius 2 is 2.15 bits per heavy atom. The van der Waals surface area contributed by atoms with E-state index in [9.17, 15) is 8.42 Å². The summed E-state index contributed by atoms with van der Waals surface area (Å²) in [6, 6.07) is 0. The summed E-state index contributed by atoms with van der Waals surface area (Å²) in [5.74, 6) is 0.0215. The molecule has 114 valence electrons. The fourth-order valence-electron chi connectivity index (χ4n) is 2.10. The Morgan fingerprint density at radius 1 is 1.45 bits per heavy atom. The van der Waals surface area contributed by atoms with Crippen molar-refractivity contribution in [2.24, 2.45) is 7.05 Å². The van der Waals surface area contributed by atoms with Crippen LogP contribution in [-0.4, -0.2) is 62.5 Å². The first kappa shape index (κ1) is 15.2. The van der Waals surface area contributed by atoms with Crippen LogP contribution in [0.4, 0.5) is 5.82 Å². The predicted octanol–water partition coefficient (Wildman–Crippen LogP) is -0.997. The zero-order chi connectivity index (χ0) is 14.6. The van der Waals surface area contributed by atoms with Crippen molar-refractivity contribution in [3.8, 4) is 0 Å². The molecule has 9 heteroatoms.